The summed E-state index contributed by atoms with van der Waals surface area (Å²) < 4.78 is 0. The first-order chi connectivity index (χ1) is 18.5. The van der Waals surface area contributed by atoms with Crippen LogP contribution >= 0.6 is 0 Å². The van der Waals surface area contributed by atoms with Crippen LogP contribution < -0.4 is 0 Å². The van der Waals surface area contributed by atoms with Crippen LogP contribution in [0.4, 0.5) is 0 Å². The second kappa shape index (κ2) is 20.0. The molecule has 0 N–H and O–H groups in total. The molecule has 0 spiro atoms. The fraction of sp³-hybridized carbons (Fsp3) is 1.00. The summed E-state index contributed by atoms with van der Waals surface area (Å²) in [6, 6.07) is 0. The smallest absolute Gasteiger partial charge is 0.0238 e. The second-order valence-electron chi connectivity index (χ2n) is 13.4. The minimum absolute atomic E-state index is 0.536. The summed E-state index contributed by atoms with van der Waals surface area (Å²) >= 11 is 0. The molecule has 4 saturated carbocycles. The molecule has 39 heavy (non-hydrogen) atoms. The Labute approximate surface area is 253 Å². The lowest BCUT2D eigenvalue weighted by Gasteiger charge is -2.61. The normalized spacial score (nSPS) is 38.2. The van der Waals surface area contributed by atoms with E-state index in [1.54, 1.807) is 6.42 Å². The number of fused-ring (bicyclic) bond motifs is 5. The first-order valence-corrected chi connectivity index (χ1v) is 18.5. The summed E-state index contributed by atoms with van der Waals surface area (Å²) in [5, 5.41) is 0. The lowest BCUT2D eigenvalue weighted by Crippen LogP contribution is -2.54. The van der Waals surface area contributed by atoms with E-state index in [4.69, 9.17) is 0 Å². The van der Waals surface area contributed by atoms with Crippen LogP contribution in [-0.2, 0) is 0 Å². The van der Waals surface area contributed by atoms with E-state index in [0.29, 0.717) is 21.7 Å². The Balaban J connectivity index is -0.000000958. The molecule has 0 bridgehead atoms. The van der Waals surface area contributed by atoms with E-state index in [2.05, 4.69) is 55.4 Å². The van der Waals surface area contributed by atoms with Crippen LogP contribution in [-0.4, -0.2) is 0 Å². The summed E-state index contributed by atoms with van der Waals surface area (Å²) in [6.45, 7) is 44.9. The molecule has 0 aliphatic heterocycles. The minimum atomic E-state index is 0.536. The van der Waals surface area contributed by atoms with Gasteiger partial charge in [0, 0.05) is 0 Å². The number of rotatable bonds is 3. The molecule has 0 aromatic carbocycles. The molecule has 0 aromatic heterocycles. The van der Waals surface area contributed by atoms with E-state index in [9.17, 15) is 0 Å². The molecule has 4 aliphatic rings. The third-order valence-electron chi connectivity index (χ3n) is 12.0. The molecule has 240 valence electrons. The van der Waals surface area contributed by atoms with Crippen LogP contribution in [0.2, 0.25) is 0 Å². The molecule has 0 aromatic rings. The fourth-order valence-electron chi connectivity index (χ4n) is 9.57. The summed E-state index contributed by atoms with van der Waals surface area (Å²) in [7, 11) is 0. The van der Waals surface area contributed by atoms with Gasteiger partial charge in [0.1, 0.15) is 0 Å². The predicted octanol–water partition coefficient (Wildman–Crippen LogP) is 14.5. The Bertz CT molecular complexity index is 573. The Hall–Kier alpha value is 0. The molecule has 8 atom stereocenters. The Morgan fingerprint density at radius 1 is 0.590 bits per heavy atom. The van der Waals surface area contributed by atoms with Gasteiger partial charge in [0.25, 0.3) is 0 Å². The molecule has 0 radical (unpaired) electrons. The quantitative estimate of drug-likeness (QED) is 0.326. The first-order valence-electron chi connectivity index (χ1n) is 18.5. The third kappa shape index (κ3) is 8.53. The van der Waals surface area contributed by atoms with Crippen molar-refractivity contribution in [1.82, 2.24) is 0 Å². The van der Waals surface area contributed by atoms with Gasteiger partial charge in [-0.05, 0) is 109 Å². The van der Waals surface area contributed by atoms with E-state index >= 15 is 0 Å². The van der Waals surface area contributed by atoms with Crippen LogP contribution in [0.3, 0.4) is 0 Å². The van der Waals surface area contributed by atoms with E-state index in [1.165, 1.54) is 51.4 Å². The van der Waals surface area contributed by atoms with Crippen molar-refractivity contribution < 1.29 is 0 Å². The fourth-order valence-corrected chi connectivity index (χ4v) is 9.57. The summed E-state index contributed by atoms with van der Waals surface area (Å²) in [5.41, 5.74) is 2.38. The van der Waals surface area contributed by atoms with Gasteiger partial charge in [-0.2, -0.15) is 0 Å². The zero-order valence-electron chi connectivity index (χ0n) is 31.8. The average Bonchev–Trinajstić information content (AvgIpc) is 3.36. The lowest BCUT2D eigenvalue weighted by atomic mass is 9.44. The molecule has 4 aliphatic carbocycles. The molecule has 0 heteroatoms. The minimum Gasteiger partial charge on any atom is -0.0683 e. The zero-order chi connectivity index (χ0) is 31.8. The number of hydrogen-bond acceptors (Lipinski definition) is 0. The average molecular weight is 553 g/mol. The Morgan fingerprint density at radius 2 is 1.08 bits per heavy atom. The van der Waals surface area contributed by atoms with E-state index in [1.807, 2.05) is 83.1 Å². The van der Waals surface area contributed by atoms with Crippen molar-refractivity contribution in [3.8, 4) is 0 Å². The molecule has 0 nitrogen and oxygen atoms in total. The van der Waals surface area contributed by atoms with Crippen molar-refractivity contribution in [1.29, 1.82) is 0 Å². The van der Waals surface area contributed by atoms with Crippen molar-refractivity contribution >= 4 is 0 Å². The van der Waals surface area contributed by atoms with Gasteiger partial charge in [-0.15, -0.1) is 0 Å². The molecular formula is C39H84. The summed E-state index contributed by atoms with van der Waals surface area (Å²) in [6.07, 6.45) is 13.5. The van der Waals surface area contributed by atoms with Gasteiger partial charge in [-0.3, -0.25) is 0 Å². The van der Waals surface area contributed by atoms with E-state index < -0.39 is 0 Å². The van der Waals surface area contributed by atoms with Gasteiger partial charge in [-0.25, -0.2) is 0 Å². The highest BCUT2D eigenvalue weighted by atomic mass is 14.7. The van der Waals surface area contributed by atoms with Crippen molar-refractivity contribution in [3.63, 3.8) is 0 Å². The predicted molar refractivity (Wildman–Crippen MR) is 186 cm³/mol. The van der Waals surface area contributed by atoms with Gasteiger partial charge in [-0.1, -0.05) is 145 Å². The molecule has 4 fully saturated rings. The van der Waals surface area contributed by atoms with Crippen molar-refractivity contribution in [2.45, 2.75) is 196 Å². The zero-order valence-corrected chi connectivity index (χ0v) is 31.8. The molecule has 0 amide bonds. The second-order valence-corrected chi connectivity index (χ2v) is 13.4. The maximum Gasteiger partial charge on any atom is -0.0238 e. The lowest BCUT2D eigenvalue weighted by molar-refractivity contribution is -0.123. The van der Waals surface area contributed by atoms with Crippen LogP contribution in [0.15, 0.2) is 0 Å². The topological polar surface area (TPSA) is 0 Å². The van der Waals surface area contributed by atoms with Crippen LogP contribution in [0.5, 0.6) is 0 Å². The standard InChI is InChI=1S/C27H48.6C2H6/c1-18(2)9-10-20-14-16-26(7)21-11-12-23-24(4,5)19(3)13-15-25(23,6)22(21)17-27(20,26)8;6*1-2/h18-23H,9-17H2,1-8H3;6*1-2H3. The molecule has 8 unspecified atom stereocenters. The van der Waals surface area contributed by atoms with Crippen LogP contribution in [0.1, 0.15) is 196 Å². The molecule has 0 heterocycles. The highest BCUT2D eigenvalue weighted by molar-refractivity contribution is 5.18. The number of hydrogen-bond donors (Lipinski definition) is 0. The molecule has 4 rings (SSSR count). The highest BCUT2D eigenvalue weighted by Gasteiger charge is 2.69. The summed E-state index contributed by atoms with van der Waals surface area (Å²) in [4.78, 5) is 0. The maximum atomic E-state index is 2.75. The van der Waals surface area contributed by atoms with E-state index in [-0.39, 0.29) is 0 Å². The summed E-state index contributed by atoms with van der Waals surface area (Å²) in [5.74, 6) is 5.73. The molecule has 0 saturated heterocycles. The monoisotopic (exact) mass is 553 g/mol. The largest absolute Gasteiger partial charge is 0.0683 e. The Kier molecular flexibility index (Phi) is 22.3. The van der Waals surface area contributed by atoms with Gasteiger partial charge in [0.05, 0.1) is 0 Å². The molecular weight excluding hydrogens is 468 g/mol. The Morgan fingerprint density at radius 3 is 1.54 bits per heavy atom. The SMILES string of the molecule is CC.CC.CC.CC.CC.CC.CC(C)CCC1CCC2(C)C3CCC4C(C)(C)C(C)CCC4(C)C3CC12C. The van der Waals surface area contributed by atoms with Gasteiger partial charge >= 0.3 is 0 Å². The van der Waals surface area contributed by atoms with Crippen LogP contribution in [0, 0.1) is 57.2 Å². The third-order valence-corrected chi connectivity index (χ3v) is 12.0. The van der Waals surface area contributed by atoms with Crippen molar-refractivity contribution in [2.24, 2.45) is 57.2 Å². The van der Waals surface area contributed by atoms with Gasteiger partial charge in [0.15, 0.2) is 0 Å². The van der Waals surface area contributed by atoms with E-state index in [0.717, 1.165) is 35.5 Å². The van der Waals surface area contributed by atoms with Gasteiger partial charge < -0.3 is 0 Å². The van der Waals surface area contributed by atoms with Gasteiger partial charge in [0.2, 0.25) is 0 Å². The van der Waals surface area contributed by atoms with Crippen molar-refractivity contribution in [2.75, 3.05) is 0 Å². The van der Waals surface area contributed by atoms with Crippen LogP contribution in [0.25, 0.3) is 0 Å². The maximum absolute atomic E-state index is 2.75. The first kappa shape index (κ1) is 43.5. The van der Waals surface area contributed by atoms with Crippen molar-refractivity contribution in [3.05, 3.63) is 0 Å². The highest BCUT2D eigenvalue weighted by Crippen LogP contribution is 2.77.